The molecule has 4 atom stereocenters. The normalized spacial score (nSPS) is 18.1. The van der Waals surface area contributed by atoms with Gasteiger partial charge in [-0.2, -0.15) is 0 Å². The van der Waals surface area contributed by atoms with E-state index in [0.29, 0.717) is 17.7 Å². The summed E-state index contributed by atoms with van der Waals surface area (Å²) in [5, 5.41) is 5.79. The van der Waals surface area contributed by atoms with Crippen LogP contribution in [-0.2, 0) is 34.9 Å². The van der Waals surface area contributed by atoms with E-state index in [-0.39, 0.29) is 30.9 Å². The van der Waals surface area contributed by atoms with E-state index >= 15 is 0 Å². The van der Waals surface area contributed by atoms with Gasteiger partial charge in [-0.3, -0.25) is 19.2 Å². The Morgan fingerprint density at radius 2 is 1.89 bits per heavy atom. The van der Waals surface area contributed by atoms with Crippen molar-refractivity contribution in [3.8, 4) is 0 Å². The number of imidazole rings is 1. The van der Waals surface area contributed by atoms with Gasteiger partial charge in [0.15, 0.2) is 11.5 Å². The largest absolute Gasteiger partial charge is 0.463 e. The summed E-state index contributed by atoms with van der Waals surface area (Å²) in [6.45, 7) is 9.05. The van der Waals surface area contributed by atoms with Crippen molar-refractivity contribution in [2.24, 2.45) is 5.92 Å². The fourth-order valence-corrected chi connectivity index (χ4v) is 5.58. The zero-order chi connectivity index (χ0) is 27.2. The zero-order valence-electron chi connectivity index (χ0n) is 22.0. The van der Waals surface area contributed by atoms with Crippen LogP contribution in [0.3, 0.4) is 0 Å². The van der Waals surface area contributed by atoms with Crippen molar-refractivity contribution in [2.75, 3.05) is 18.6 Å². The van der Waals surface area contributed by atoms with Gasteiger partial charge in [-0.15, -0.1) is 0 Å². The van der Waals surface area contributed by atoms with Crippen molar-refractivity contribution in [3.63, 3.8) is 0 Å². The Kier molecular flexibility index (Phi) is 10.00. The monoisotopic (exact) mass is 539 g/mol. The van der Waals surface area contributed by atoms with Gasteiger partial charge in [-0.05, 0) is 47.0 Å². The molecule has 1 aliphatic rings. The molecule has 2 aromatic rings. The minimum atomic E-state index is -3.49. The Labute approximate surface area is 216 Å². The van der Waals surface area contributed by atoms with Gasteiger partial charge in [-0.1, -0.05) is 6.92 Å². The molecule has 2 aromatic heterocycles. The van der Waals surface area contributed by atoms with Crippen LogP contribution in [-0.4, -0.2) is 68.7 Å². The molecule has 37 heavy (non-hydrogen) atoms. The average Bonchev–Trinajstić information content (AvgIpc) is 3.22. The summed E-state index contributed by atoms with van der Waals surface area (Å²) in [6, 6.07) is -0.840. The third-order valence-corrected chi connectivity index (χ3v) is 7.93. The molecule has 0 spiro atoms. The van der Waals surface area contributed by atoms with E-state index in [4.69, 9.17) is 19.9 Å². The number of esters is 2. The van der Waals surface area contributed by atoms with Gasteiger partial charge in [0.1, 0.15) is 30.3 Å². The highest BCUT2D eigenvalue weighted by Gasteiger charge is 2.32. The number of carbonyl (C=O) groups is 2. The van der Waals surface area contributed by atoms with Gasteiger partial charge in [0, 0.05) is 6.54 Å². The lowest BCUT2D eigenvalue weighted by atomic mass is 9.96. The Morgan fingerprint density at radius 1 is 1.16 bits per heavy atom. The zero-order valence-corrected chi connectivity index (χ0v) is 22.9. The molecular formula is C23H38N7O6P. The predicted molar refractivity (Wildman–Crippen MR) is 137 cm³/mol. The molecule has 1 saturated carbocycles. The molecule has 0 aliphatic heterocycles. The molecule has 0 unspecified atom stereocenters. The Balaban J connectivity index is 1.63. The highest BCUT2D eigenvalue weighted by atomic mass is 31.2. The van der Waals surface area contributed by atoms with Crippen molar-refractivity contribution in [3.05, 3.63) is 12.7 Å². The molecule has 14 heteroatoms. The number of carbonyl (C=O) groups excluding carboxylic acids is 2. The first-order valence-electron chi connectivity index (χ1n) is 12.5. The average molecular weight is 540 g/mol. The van der Waals surface area contributed by atoms with Crippen LogP contribution in [0.4, 0.5) is 5.82 Å². The number of anilines is 1. The first-order chi connectivity index (χ1) is 17.5. The number of rotatable bonds is 14. The lowest BCUT2D eigenvalue weighted by Crippen LogP contribution is -2.41. The number of ether oxygens (including phenoxy) is 3. The molecule has 1 fully saturated rings. The molecule has 1 aliphatic carbocycles. The minimum absolute atomic E-state index is 0.0698. The van der Waals surface area contributed by atoms with Gasteiger partial charge in [0.2, 0.25) is 7.44 Å². The van der Waals surface area contributed by atoms with Gasteiger partial charge in [0.25, 0.3) is 0 Å². The fourth-order valence-electron chi connectivity index (χ4n) is 3.56. The number of fused-ring (bicyclic) bond motifs is 1. The van der Waals surface area contributed by atoms with Crippen LogP contribution < -0.4 is 15.9 Å². The van der Waals surface area contributed by atoms with Crippen LogP contribution in [0.2, 0.25) is 0 Å². The quantitative estimate of drug-likeness (QED) is 0.236. The van der Waals surface area contributed by atoms with Gasteiger partial charge in [-0.25, -0.2) is 20.0 Å². The van der Waals surface area contributed by atoms with E-state index in [2.05, 4.69) is 25.1 Å². The molecule has 0 radical (unpaired) electrons. The number of hydrogen-bond donors (Lipinski definition) is 3. The number of aromatic nitrogens is 4. The third kappa shape index (κ3) is 8.19. The van der Waals surface area contributed by atoms with E-state index in [9.17, 15) is 14.2 Å². The van der Waals surface area contributed by atoms with Crippen LogP contribution in [0, 0.1) is 5.92 Å². The van der Waals surface area contributed by atoms with Crippen molar-refractivity contribution in [1.29, 1.82) is 0 Å². The lowest BCUT2D eigenvalue weighted by molar-refractivity contribution is -0.154. The number of nitrogens with one attached hydrogen (secondary N) is 2. The molecule has 0 amide bonds. The van der Waals surface area contributed by atoms with E-state index in [0.717, 1.165) is 19.3 Å². The number of nitrogen functional groups attached to an aromatic ring is 1. The Hall–Kier alpha value is -2.60. The van der Waals surface area contributed by atoms with Crippen LogP contribution in [0.5, 0.6) is 0 Å². The molecule has 206 valence electrons. The summed E-state index contributed by atoms with van der Waals surface area (Å²) < 4.78 is 32.2. The smallest absolute Gasteiger partial charge is 0.323 e. The molecule has 0 bridgehead atoms. The number of nitrogens with zero attached hydrogens (tertiary/aromatic N) is 4. The first kappa shape index (κ1) is 29.0. The van der Waals surface area contributed by atoms with E-state index in [1.165, 1.54) is 6.33 Å². The predicted octanol–water partition coefficient (Wildman–Crippen LogP) is 2.22. The van der Waals surface area contributed by atoms with Crippen LogP contribution in [0.1, 0.15) is 53.9 Å². The van der Waals surface area contributed by atoms with Gasteiger partial charge in [0.05, 0.1) is 31.0 Å². The topological polar surface area (TPSA) is 173 Å². The minimum Gasteiger partial charge on any atom is -0.463 e. The Morgan fingerprint density at radius 3 is 2.54 bits per heavy atom. The van der Waals surface area contributed by atoms with Crippen molar-refractivity contribution in [1.82, 2.24) is 29.7 Å². The maximum atomic E-state index is 13.8. The van der Waals surface area contributed by atoms with Crippen molar-refractivity contribution < 1.29 is 28.4 Å². The summed E-state index contributed by atoms with van der Waals surface area (Å²) >= 11 is 0. The van der Waals surface area contributed by atoms with Crippen molar-refractivity contribution >= 4 is 36.4 Å². The highest BCUT2D eigenvalue weighted by molar-refractivity contribution is 7.59. The summed E-state index contributed by atoms with van der Waals surface area (Å²) in [4.78, 5) is 37.1. The lowest BCUT2D eigenvalue weighted by Gasteiger charge is -2.29. The second kappa shape index (κ2) is 12.8. The third-order valence-electron chi connectivity index (χ3n) is 5.92. The van der Waals surface area contributed by atoms with Crippen LogP contribution >= 0.6 is 7.44 Å². The summed E-state index contributed by atoms with van der Waals surface area (Å²) in [5.74, 6) is -1.17. The van der Waals surface area contributed by atoms with Gasteiger partial charge < -0.3 is 24.5 Å². The molecule has 4 N–H and O–H groups in total. The SMILES string of the molecule is CC(C)OC(=O)[C@@H](C)CN[P@@](=O)(CO[C@H](C)Cn1cnc2c(N)ncnc21)N[C@H](C)C(=O)OC1CCC1. The Bertz CT molecular complexity index is 1120. The van der Waals surface area contributed by atoms with Crippen LogP contribution in [0.15, 0.2) is 12.7 Å². The molecular weight excluding hydrogens is 501 g/mol. The molecule has 0 saturated heterocycles. The maximum Gasteiger partial charge on any atom is 0.323 e. The van der Waals surface area contributed by atoms with E-state index < -0.39 is 37.4 Å². The molecule has 0 aromatic carbocycles. The molecule has 2 heterocycles. The highest BCUT2D eigenvalue weighted by Crippen LogP contribution is 2.38. The second-order valence-corrected chi connectivity index (χ2v) is 12.1. The summed E-state index contributed by atoms with van der Waals surface area (Å²) in [6.07, 6.45) is 4.68. The second-order valence-electron chi connectivity index (χ2n) is 9.76. The van der Waals surface area contributed by atoms with Crippen LogP contribution in [0.25, 0.3) is 11.2 Å². The summed E-state index contributed by atoms with van der Waals surface area (Å²) in [7, 11) is -3.49. The standard InChI is InChI=1S/C23H38N7O6P/c1-14(2)35-22(31)15(3)9-28-37(33,29-17(5)23(32)36-18-7-6-8-18)13-34-16(4)10-30-12-27-19-20(24)25-11-26-21(19)30/h11-12,14-18H,6-10,13H2,1-5H3,(H2,24,25,26)(H2,28,29,33)/t15-,16+,17+,37-/m0/s1. The first-order valence-corrected chi connectivity index (χ1v) is 14.4. The number of nitrogens with two attached hydrogens (primary N) is 1. The van der Waals surface area contributed by atoms with Crippen molar-refractivity contribution in [2.45, 2.75) is 84.8 Å². The van der Waals surface area contributed by atoms with E-state index in [1.54, 1.807) is 38.6 Å². The maximum absolute atomic E-state index is 13.8. The fraction of sp³-hybridized carbons (Fsp3) is 0.696. The van der Waals surface area contributed by atoms with Gasteiger partial charge >= 0.3 is 11.9 Å². The van der Waals surface area contributed by atoms with E-state index in [1.807, 2.05) is 6.92 Å². The molecule has 3 rings (SSSR count). The summed E-state index contributed by atoms with van der Waals surface area (Å²) in [5.41, 5.74) is 6.91. The number of hydrogen-bond acceptors (Lipinski definition) is 10. The molecule has 13 nitrogen and oxygen atoms in total.